The standard InChI is InChI=1S/C13H21N3O/c1-3-14-8-11-6-7-16(9-11)10-13(17)15(2)12-4-5-12/h6-7,9,12,14H,3-5,8,10H2,1-2H3. The summed E-state index contributed by atoms with van der Waals surface area (Å²) in [5.74, 6) is 0.207. The van der Waals surface area contributed by atoms with Gasteiger partial charge in [-0.05, 0) is 31.0 Å². The zero-order chi connectivity index (χ0) is 12.3. The first kappa shape index (κ1) is 12.2. The molecule has 4 heteroatoms. The molecular weight excluding hydrogens is 214 g/mol. The van der Waals surface area contributed by atoms with Crippen LogP contribution in [0.4, 0.5) is 0 Å². The first-order valence-electron chi connectivity index (χ1n) is 6.31. The summed E-state index contributed by atoms with van der Waals surface area (Å²) in [6.07, 6.45) is 6.35. The van der Waals surface area contributed by atoms with Crippen LogP contribution in [-0.2, 0) is 17.9 Å². The number of likely N-dealkylation sites (N-methyl/N-ethyl adjacent to an activating group) is 1. The highest BCUT2D eigenvalue weighted by atomic mass is 16.2. The molecule has 1 saturated carbocycles. The van der Waals surface area contributed by atoms with Crippen LogP contribution in [0.1, 0.15) is 25.3 Å². The van der Waals surface area contributed by atoms with Gasteiger partial charge in [-0.25, -0.2) is 0 Å². The van der Waals surface area contributed by atoms with Crippen LogP contribution >= 0.6 is 0 Å². The Balaban J connectivity index is 1.85. The summed E-state index contributed by atoms with van der Waals surface area (Å²) in [5, 5.41) is 3.27. The Morgan fingerprint density at radius 3 is 3.00 bits per heavy atom. The predicted molar refractivity (Wildman–Crippen MR) is 67.6 cm³/mol. The van der Waals surface area contributed by atoms with Crippen molar-refractivity contribution in [1.29, 1.82) is 0 Å². The van der Waals surface area contributed by atoms with Crippen molar-refractivity contribution in [2.24, 2.45) is 0 Å². The van der Waals surface area contributed by atoms with Crippen LogP contribution in [0.25, 0.3) is 0 Å². The molecule has 94 valence electrons. The van der Waals surface area contributed by atoms with E-state index in [1.165, 1.54) is 18.4 Å². The summed E-state index contributed by atoms with van der Waals surface area (Å²) in [4.78, 5) is 13.8. The third-order valence-electron chi connectivity index (χ3n) is 3.20. The number of carbonyl (C=O) groups is 1. The first-order chi connectivity index (χ1) is 8.20. The monoisotopic (exact) mass is 235 g/mol. The van der Waals surface area contributed by atoms with Crippen LogP contribution in [0.2, 0.25) is 0 Å². The third-order valence-corrected chi connectivity index (χ3v) is 3.20. The lowest BCUT2D eigenvalue weighted by atomic mass is 10.3. The fraction of sp³-hybridized carbons (Fsp3) is 0.615. The Bertz CT molecular complexity index is 382. The van der Waals surface area contributed by atoms with Crippen LogP contribution in [0.3, 0.4) is 0 Å². The molecule has 1 fully saturated rings. The fourth-order valence-electron chi connectivity index (χ4n) is 1.90. The number of amides is 1. The maximum atomic E-state index is 11.9. The minimum absolute atomic E-state index is 0.207. The average Bonchev–Trinajstić information content (AvgIpc) is 3.08. The zero-order valence-corrected chi connectivity index (χ0v) is 10.6. The van der Waals surface area contributed by atoms with Gasteiger partial charge in [0, 0.05) is 32.0 Å². The molecule has 1 aliphatic carbocycles. The van der Waals surface area contributed by atoms with Gasteiger partial charge in [-0.1, -0.05) is 6.92 Å². The fourth-order valence-corrected chi connectivity index (χ4v) is 1.90. The molecule has 0 aliphatic heterocycles. The molecule has 1 aromatic rings. The van der Waals surface area contributed by atoms with Gasteiger partial charge in [0.05, 0.1) is 0 Å². The highest BCUT2D eigenvalue weighted by Gasteiger charge is 2.29. The lowest BCUT2D eigenvalue weighted by Gasteiger charge is -2.16. The molecule has 0 aromatic carbocycles. The molecule has 17 heavy (non-hydrogen) atoms. The van der Waals surface area contributed by atoms with Crippen molar-refractivity contribution in [2.45, 2.75) is 38.9 Å². The second kappa shape index (κ2) is 5.36. The van der Waals surface area contributed by atoms with E-state index < -0.39 is 0 Å². The number of rotatable bonds is 6. The molecule has 0 atom stereocenters. The number of hydrogen-bond donors (Lipinski definition) is 1. The summed E-state index contributed by atoms with van der Waals surface area (Å²) in [5.41, 5.74) is 1.23. The minimum Gasteiger partial charge on any atom is -0.345 e. The summed E-state index contributed by atoms with van der Waals surface area (Å²) < 4.78 is 1.97. The van der Waals surface area contributed by atoms with Crippen LogP contribution in [-0.4, -0.2) is 35.0 Å². The van der Waals surface area contributed by atoms with Crippen LogP contribution in [0.5, 0.6) is 0 Å². The van der Waals surface area contributed by atoms with E-state index in [2.05, 4.69) is 18.3 Å². The lowest BCUT2D eigenvalue weighted by Crippen LogP contribution is -2.31. The van der Waals surface area contributed by atoms with Crippen LogP contribution in [0, 0.1) is 0 Å². The maximum absolute atomic E-state index is 11.9. The van der Waals surface area contributed by atoms with E-state index in [1.54, 1.807) is 0 Å². The van der Waals surface area contributed by atoms with Gasteiger partial charge < -0.3 is 14.8 Å². The lowest BCUT2D eigenvalue weighted by molar-refractivity contribution is -0.131. The topological polar surface area (TPSA) is 37.3 Å². The van der Waals surface area contributed by atoms with E-state index >= 15 is 0 Å². The van der Waals surface area contributed by atoms with Gasteiger partial charge in [-0.15, -0.1) is 0 Å². The Labute approximate surface area is 103 Å². The number of nitrogens with zero attached hydrogens (tertiary/aromatic N) is 2. The third kappa shape index (κ3) is 3.33. The van der Waals surface area contributed by atoms with E-state index in [-0.39, 0.29) is 5.91 Å². The van der Waals surface area contributed by atoms with Gasteiger partial charge in [0.1, 0.15) is 6.54 Å². The molecule has 0 bridgehead atoms. The van der Waals surface area contributed by atoms with Gasteiger partial charge in [-0.3, -0.25) is 4.79 Å². The summed E-state index contributed by atoms with van der Waals surface area (Å²) in [6.45, 7) is 4.38. The molecule has 1 aliphatic rings. The number of nitrogens with one attached hydrogen (secondary N) is 1. The van der Waals surface area contributed by atoms with Crippen LogP contribution < -0.4 is 5.32 Å². The van der Waals surface area contributed by atoms with E-state index in [0.29, 0.717) is 12.6 Å². The predicted octanol–water partition coefficient (Wildman–Crippen LogP) is 1.22. The molecule has 4 nitrogen and oxygen atoms in total. The summed E-state index contributed by atoms with van der Waals surface area (Å²) in [6, 6.07) is 2.56. The molecule has 0 spiro atoms. The number of carbonyl (C=O) groups excluding carboxylic acids is 1. The molecular formula is C13H21N3O. The highest BCUT2D eigenvalue weighted by molar-refractivity contribution is 5.76. The summed E-state index contributed by atoms with van der Waals surface area (Å²) >= 11 is 0. The zero-order valence-electron chi connectivity index (χ0n) is 10.6. The number of hydrogen-bond acceptors (Lipinski definition) is 2. The van der Waals surface area contributed by atoms with Crippen molar-refractivity contribution in [3.63, 3.8) is 0 Å². The second-order valence-electron chi connectivity index (χ2n) is 4.71. The van der Waals surface area contributed by atoms with Gasteiger partial charge in [0.2, 0.25) is 5.91 Å². The van der Waals surface area contributed by atoms with E-state index in [1.807, 2.05) is 28.9 Å². The van der Waals surface area contributed by atoms with Crippen molar-refractivity contribution in [3.05, 3.63) is 24.0 Å². The maximum Gasteiger partial charge on any atom is 0.242 e. The highest BCUT2D eigenvalue weighted by Crippen LogP contribution is 2.25. The Morgan fingerprint density at radius 1 is 1.59 bits per heavy atom. The first-order valence-corrected chi connectivity index (χ1v) is 6.31. The van der Waals surface area contributed by atoms with E-state index in [4.69, 9.17) is 0 Å². The molecule has 1 N–H and O–H groups in total. The van der Waals surface area contributed by atoms with Crippen molar-refractivity contribution in [3.8, 4) is 0 Å². The van der Waals surface area contributed by atoms with Crippen molar-refractivity contribution in [1.82, 2.24) is 14.8 Å². The van der Waals surface area contributed by atoms with E-state index in [9.17, 15) is 4.79 Å². The molecule has 2 rings (SSSR count). The Hall–Kier alpha value is -1.29. The van der Waals surface area contributed by atoms with Gasteiger partial charge in [0.25, 0.3) is 0 Å². The molecule has 0 unspecified atom stereocenters. The van der Waals surface area contributed by atoms with Gasteiger partial charge >= 0.3 is 0 Å². The van der Waals surface area contributed by atoms with Crippen LogP contribution in [0.15, 0.2) is 18.5 Å². The SMILES string of the molecule is CCNCc1ccn(CC(=O)N(C)C2CC2)c1. The Morgan fingerprint density at radius 2 is 2.35 bits per heavy atom. The molecule has 1 aromatic heterocycles. The second-order valence-corrected chi connectivity index (χ2v) is 4.71. The molecule has 1 heterocycles. The molecule has 0 saturated heterocycles. The Kier molecular flexibility index (Phi) is 3.84. The number of aromatic nitrogens is 1. The molecule has 1 amide bonds. The van der Waals surface area contributed by atoms with Gasteiger partial charge in [0.15, 0.2) is 0 Å². The normalized spacial score (nSPS) is 14.9. The quantitative estimate of drug-likeness (QED) is 0.805. The molecule has 0 radical (unpaired) electrons. The van der Waals surface area contributed by atoms with Crippen molar-refractivity contribution >= 4 is 5.91 Å². The summed E-state index contributed by atoms with van der Waals surface area (Å²) in [7, 11) is 1.91. The average molecular weight is 235 g/mol. The van der Waals surface area contributed by atoms with Crippen molar-refractivity contribution in [2.75, 3.05) is 13.6 Å². The smallest absolute Gasteiger partial charge is 0.242 e. The largest absolute Gasteiger partial charge is 0.345 e. The van der Waals surface area contributed by atoms with Gasteiger partial charge in [-0.2, -0.15) is 0 Å². The minimum atomic E-state index is 0.207. The van der Waals surface area contributed by atoms with E-state index in [0.717, 1.165) is 13.1 Å². The van der Waals surface area contributed by atoms with Crippen molar-refractivity contribution < 1.29 is 4.79 Å².